The maximum Gasteiger partial charge on any atom is 0.262 e. The van der Waals surface area contributed by atoms with Gasteiger partial charge in [-0.1, -0.05) is 12.1 Å². The smallest absolute Gasteiger partial charge is 0.262 e. The molecule has 0 bridgehead atoms. The van der Waals surface area contributed by atoms with Crippen LogP contribution < -0.4 is 5.73 Å². The largest absolute Gasteiger partial charge is 0.339 e. The average molecular weight is 324 g/mol. The summed E-state index contributed by atoms with van der Waals surface area (Å²) >= 11 is 0. The first-order valence-corrected chi connectivity index (χ1v) is 8.31. The fourth-order valence-electron chi connectivity index (χ4n) is 2.73. The number of aromatic nitrogens is 2. The minimum Gasteiger partial charge on any atom is -0.339 e. The summed E-state index contributed by atoms with van der Waals surface area (Å²) in [6, 6.07) is 5.76. The molecule has 0 saturated carbocycles. The molecular formula is C14H17FN4O2S. The summed E-state index contributed by atoms with van der Waals surface area (Å²) < 4.78 is 41.4. The Balaban J connectivity index is 1.87. The van der Waals surface area contributed by atoms with E-state index in [9.17, 15) is 12.8 Å². The van der Waals surface area contributed by atoms with Crippen LogP contribution in [0.25, 0.3) is 0 Å². The van der Waals surface area contributed by atoms with Crippen molar-refractivity contribution in [3.05, 3.63) is 48.2 Å². The topological polar surface area (TPSA) is 81.2 Å². The van der Waals surface area contributed by atoms with Gasteiger partial charge in [0.1, 0.15) is 5.82 Å². The lowest BCUT2D eigenvalue weighted by Crippen LogP contribution is -2.32. The molecule has 1 aromatic heterocycles. The molecular weight excluding hydrogens is 307 g/mol. The van der Waals surface area contributed by atoms with Crippen LogP contribution in [0.15, 0.2) is 41.8 Å². The standard InChI is InChI=1S/C14H17FN4O2S/c1-18-8-14(17-9-18)22(20,21)19-6-12(13(16)7-19)10-3-2-4-11(15)5-10/h2-5,8-9,12-13H,6-7,16H2,1H3. The van der Waals surface area contributed by atoms with E-state index in [1.54, 1.807) is 23.7 Å². The first-order chi connectivity index (χ1) is 10.4. The van der Waals surface area contributed by atoms with E-state index >= 15 is 0 Å². The van der Waals surface area contributed by atoms with Crippen molar-refractivity contribution in [2.75, 3.05) is 13.1 Å². The molecule has 2 heterocycles. The van der Waals surface area contributed by atoms with Crippen molar-refractivity contribution in [2.24, 2.45) is 12.8 Å². The van der Waals surface area contributed by atoms with Crippen LogP contribution in [0.3, 0.4) is 0 Å². The van der Waals surface area contributed by atoms with E-state index < -0.39 is 10.0 Å². The second-order valence-electron chi connectivity index (χ2n) is 5.52. The van der Waals surface area contributed by atoms with Crippen LogP contribution in [0, 0.1) is 5.82 Å². The fraction of sp³-hybridized carbons (Fsp3) is 0.357. The summed E-state index contributed by atoms with van der Waals surface area (Å²) in [5.41, 5.74) is 6.79. The molecule has 8 heteroatoms. The molecule has 1 fully saturated rings. The first kappa shape index (κ1) is 15.1. The van der Waals surface area contributed by atoms with Gasteiger partial charge < -0.3 is 10.3 Å². The van der Waals surface area contributed by atoms with Gasteiger partial charge in [0.05, 0.1) is 6.33 Å². The SMILES string of the molecule is Cn1cnc(S(=O)(=O)N2CC(N)C(c3cccc(F)c3)C2)c1. The van der Waals surface area contributed by atoms with Gasteiger partial charge >= 0.3 is 0 Å². The zero-order valence-corrected chi connectivity index (χ0v) is 12.9. The van der Waals surface area contributed by atoms with Crippen molar-refractivity contribution in [3.8, 4) is 0 Å². The van der Waals surface area contributed by atoms with E-state index in [-0.39, 0.29) is 35.9 Å². The molecule has 1 aromatic carbocycles. The van der Waals surface area contributed by atoms with Crippen molar-refractivity contribution in [3.63, 3.8) is 0 Å². The van der Waals surface area contributed by atoms with Crippen LogP contribution in [-0.4, -0.2) is 41.4 Å². The molecule has 2 N–H and O–H groups in total. The van der Waals surface area contributed by atoms with Crippen LogP contribution in [0.5, 0.6) is 0 Å². The fourth-order valence-corrected chi connectivity index (χ4v) is 4.20. The summed E-state index contributed by atoms with van der Waals surface area (Å²) in [6.07, 6.45) is 2.89. The number of rotatable bonds is 3. The second kappa shape index (κ2) is 5.45. The number of aryl methyl sites for hydroxylation is 1. The van der Waals surface area contributed by atoms with E-state index in [2.05, 4.69) is 4.98 Å². The van der Waals surface area contributed by atoms with Crippen molar-refractivity contribution in [2.45, 2.75) is 17.0 Å². The van der Waals surface area contributed by atoms with Crippen LogP contribution in [0.2, 0.25) is 0 Å². The number of nitrogens with two attached hydrogens (primary N) is 1. The Morgan fingerprint density at radius 1 is 1.36 bits per heavy atom. The lowest BCUT2D eigenvalue weighted by molar-refractivity contribution is 0.467. The molecule has 6 nitrogen and oxygen atoms in total. The Bertz CT molecular complexity index is 790. The van der Waals surface area contributed by atoms with Gasteiger partial charge in [-0.2, -0.15) is 4.31 Å². The maximum absolute atomic E-state index is 13.4. The molecule has 0 spiro atoms. The van der Waals surface area contributed by atoms with Gasteiger partial charge in [-0.3, -0.25) is 0 Å². The van der Waals surface area contributed by atoms with Gasteiger partial charge in [-0.05, 0) is 17.7 Å². The number of hydrogen-bond acceptors (Lipinski definition) is 4. The van der Waals surface area contributed by atoms with Crippen molar-refractivity contribution in [1.29, 1.82) is 0 Å². The lowest BCUT2D eigenvalue weighted by atomic mass is 9.95. The van der Waals surface area contributed by atoms with E-state index in [0.29, 0.717) is 5.56 Å². The zero-order valence-electron chi connectivity index (χ0n) is 12.1. The molecule has 3 rings (SSSR count). The van der Waals surface area contributed by atoms with Crippen molar-refractivity contribution >= 4 is 10.0 Å². The number of sulfonamides is 1. The maximum atomic E-state index is 13.4. The van der Waals surface area contributed by atoms with Crippen LogP contribution in [-0.2, 0) is 17.1 Å². The Morgan fingerprint density at radius 2 is 2.14 bits per heavy atom. The van der Waals surface area contributed by atoms with E-state index in [0.717, 1.165) is 0 Å². The Hall–Kier alpha value is -1.77. The Kier molecular flexibility index (Phi) is 3.75. The van der Waals surface area contributed by atoms with Gasteiger partial charge in [-0.15, -0.1) is 0 Å². The number of benzene rings is 1. The van der Waals surface area contributed by atoms with Gasteiger partial charge in [0, 0.05) is 38.3 Å². The molecule has 118 valence electrons. The molecule has 0 radical (unpaired) electrons. The highest BCUT2D eigenvalue weighted by Crippen LogP contribution is 2.30. The van der Waals surface area contributed by atoms with Gasteiger partial charge in [0.15, 0.2) is 5.03 Å². The Morgan fingerprint density at radius 3 is 2.77 bits per heavy atom. The van der Waals surface area contributed by atoms with E-state index in [1.165, 1.54) is 29.0 Å². The normalized spacial score (nSPS) is 23.0. The molecule has 2 unspecified atom stereocenters. The van der Waals surface area contributed by atoms with Gasteiger partial charge in [-0.25, -0.2) is 17.8 Å². The second-order valence-corrected chi connectivity index (χ2v) is 7.41. The highest BCUT2D eigenvalue weighted by molar-refractivity contribution is 7.89. The predicted molar refractivity (Wildman–Crippen MR) is 79.1 cm³/mol. The van der Waals surface area contributed by atoms with Crippen molar-refractivity contribution < 1.29 is 12.8 Å². The highest BCUT2D eigenvalue weighted by atomic mass is 32.2. The first-order valence-electron chi connectivity index (χ1n) is 6.87. The van der Waals surface area contributed by atoms with Gasteiger partial charge in [0.25, 0.3) is 10.0 Å². The molecule has 2 atom stereocenters. The molecule has 1 aliphatic heterocycles. The van der Waals surface area contributed by atoms with E-state index in [1.807, 2.05) is 0 Å². The molecule has 1 aliphatic rings. The third kappa shape index (κ3) is 2.65. The highest BCUT2D eigenvalue weighted by Gasteiger charge is 2.39. The zero-order chi connectivity index (χ0) is 15.9. The van der Waals surface area contributed by atoms with Crippen LogP contribution in [0.4, 0.5) is 4.39 Å². The minimum absolute atomic E-state index is 0.00194. The molecule has 0 amide bonds. The number of nitrogens with zero attached hydrogens (tertiary/aromatic N) is 3. The Labute approximate surface area is 128 Å². The summed E-state index contributed by atoms with van der Waals surface area (Å²) in [5.74, 6) is -0.579. The number of halogens is 1. The molecule has 2 aromatic rings. The quantitative estimate of drug-likeness (QED) is 0.900. The minimum atomic E-state index is -3.67. The molecule has 0 aliphatic carbocycles. The number of imidazole rings is 1. The van der Waals surface area contributed by atoms with Crippen LogP contribution >= 0.6 is 0 Å². The monoisotopic (exact) mass is 324 g/mol. The summed E-state index contributed by atoms with van der Waals surface area (Å²) in [5, 5.41) is 0.00194. The molecule has 1 saturated heterocycles. The van der Waals surface area contributed by atoms with Crippen molar-refractivity contribution in [1.82, 2.24) is 13.9 Å². The third-order valence-electron chi connectivity index (χ3n) is 3.89. The molecule has 22 heavy (non-hydrogen) atoms. The third-order valence-corrected chi connectivity index (χ3v) is 5.61. The summed E-state index contributed by atoms with van der Waals surface area (Å²) in [6.45, 7) is 0.420. The predicted octanol–water partition coefficient (Wildman–Crippen LogP) is 0.675. The van der Waals surface area contributed by atoms with Gasteiger partial charge in [0.2, 0.25) is 0 Å². The summed E-state index contributed by atoms with van der Waals surface area (Å²) in [7, 11) is -1.97. The van der Waals surface area contributed by atoms with Crippen LogP contribution in [0.1, 0.15) is 11.5 Å². The number of hydrogen-bond donors (Lipinski definition) is 1. The summed E-state index contributed by atoms with van der Waals surface area (Å²) in [4.78, 5) is 3.90. The lowest BCUT2D eigenvalue weighted by Gasteiger charge is -2.15. The van der Waals surface area contributed by atoms with E-state index in [4.69, 9.17) is 5.73 Å². The average Bonchev–Trinajstić information content (AvgIpc) is 3.05.